The van der Waals surface area contributed by atoms with E-state index in [1.807, 2.05) is 0 Å². The molecule has 5 nitrogen and oxygen atoms in total. The number of likely N-dealkylation sites (N-methyl/N-ethyl adjacent to an activating group) is 1. The number of hydrogen-bond acceptors (Lipinski definition) is 4. The van der Waals surface area contributed by atoms with Crippen LogP contribution in [0.1, 0.15) is 21.5 Å². The lowest BCUT2D eigenvalue weighted by Crippen LogP contribution is -2.23. The lowest BCUT2D eigenvalue weighted by atomic mass is 10.1. The Morgan fingerprint density at radius 2 is 1.86 bits per heavy atom. The molecule has 0 unspecified atom stereocenters. The molecule has 0 bridgehead atoms. The smallest absolute Gasteiger partial charge is 0.416 e. The van der Waals surface area contributed by atoms with Gasteiger partial charge in [-0.25, -0.2) is 9.79 Å². The molecule has 1 amide bonds. The first-order chi connectivity index (χ1) is 13.1. The minimum Gasteiger partial charge on any atom is -0.478 e. The summed E-state index contributed by atoms with van der Waals surface area (Å²) in [5.74, 6) is -1.44. The van der Waals surface area contributed by atoms with Crippen molar-refractivity contribution in [2.45, 2.75) is 6.18 Å². The van der Waals surface area contributed by atoms with Gasteiger partial charge in [-0.1, -0.05) is 18.2 Å². The number of nitrogens with zero attached hydrogens (tertiary/aromatic N) is 2. The second-order valence-electron chi connectivity index (χ2n) is 5.84. The van der Waals surface area contributed by atoms with E-state index < -0.39 is 17.7 Å². The Hall–Kier alpha value is -3.07. The molecule has 0 spiro atoms. The van der Waals surface area contributed by atoms with Gasteiger partial charge in [-0.15, -0.1) is 0 Å². The quantitative estimate of drug-likeness (QED) is 0.754. The highest BCUT2D eigenvalue weighted by Crippen LogP contribution is 2.34. The Morgan fingerprint density at radius 1 is 1.18 bits per heavy atom. The first kappa shape index (κ1) is 19.7. The number of amidine groups is 1. The Kier molecular flexibility index (Phi) is 5.28. The van der Waals surface area contributed by atoms with Crippen molar-refractivity contribution in [3.05, 3.63) is 70.1 Å². The third kappa shape index (κ3) is 4.25. The van der Waals surface area contributed by atoms with E-state index in [2.05, 4.69) is 4.99 Å². The van der Waals surface area contributed by atoms with E-state index in [-0.39, 0.29) is 11.5 Å². The van der Waals surface area contributed by atoms with Crippen LogP contribution >= 0.6 is 11.8 Å². The number of aromatic carboxylic acids is 1. The van der Waals surface area contributed by atoms with Gasteiger partial charge in [0.1, 0.15) is 0 Å². The molecule has 0 radical (unpaired) electrons. The molecule has 2 aromatic carbocycles. The number of carbonyl (C=O) groups is 2. The van der Waals surface area contributed by atoms with Crippen molar-refractivity contribution in [2.75, 3.05) is 7.05 Å². The lowest BCUT2D eigenvalue weighted by molar-refractivity contribution is -0.137. The summed E-state index contributed by atoms with van der Waals surface area (Å²) in [6.07, 6.45) is -2.94. The molecule has 144 valence electrons. The summed E-state index contributed by atoms with van der Waals surface area (Å²) < 4.78 is 37.9. The van der Waals surface area contributed by atoms with Crippen LogP contribution in [0.2, 0.25) is 0 Å². The van der Waals surface area contributed by atoms with E-state index in [1.54, 1.807) is 12.1 Å². The van der Waals surface area contributed by atoms with Crippen LogP contribution < -0.4 is 0 Å². The molecule has 1 aliphatic heterocycles. The molecule has 28 heavy (non-hydrogen) atoms. The maximum atomic E-state index is 12.6. The van der Waals surface area contributed by atoms with Gasteiger partial charge in [-0.3, -0.25) is 9.69 Å². The van der Waals surface area contributed by atoms with Crippen molar-refractivity contribution in [1.82, 2.24) is 4.90 Å². The summed E-state index contributed by atoms with van der Waals surface area (Å²) in [6.45, 7) is 0. The van der Waals surface area contributed by atoms with Gasteiger partial charge in [-0.2, -0.15) is 13.2 Å². The van der Waals surface area contributed by atoms with Gasteiger partial charge in [0.05, 0.1) is 21.7 Å². The molecule has 1 aliphatic rings. The molecule has 1 fully saturated rings. The number of benzene rings is 2. The molecule has 0 atom stereocenters. The standard InChI is InChI=1S/C19H13F3N2O3S/c1-24-16(25)15(9-11-5-7-13(8-6-11)19(20,21)22)28-18(24)23-14-4-2-3-12(10-14)17(26)27/h2-10H,1H3,(H,26,27)/b15-9-,23-18?. The minimum absolute atomic E-state index is 0.0688. The summed E-state index contributed by atoms with van der Waals surface area (Å²) in [5, 5.41) is 9.38. The van der Waals surface area contributed by atoms with Gasteiger partial charge in [0.25, 0.3) is 5.91 Å². The normalized spacial score (nSPS) is 17.6. The highest BCUT2D eigenvalue weighted by atomic mass is 32.2. The predicted molar refractivity (Wildman–Crippen MR) is 100 cm³/mol. The third-order valence-corrected chi connectivity index (χ3v) is 4.92. The Bertz CT molecular complexity index is 998. The van der Waals surface area contributed by atoms with Gasteiger partial charge in [0.2, 0.25) is 0 Å². The van der Waals surface area contributed by atoms with Gasteiger partial charge >= 0.3 is 12.1 Å². The fourth-order valence-electron chi connectivity index (χ4n) is 2.39. The third-order valence-electron chi connectivity index (χ3n) is 3.86. The van der Waals surface area contributed by atoms with Crippen molar-refractivity contribution >= 4 is 40.6 Å². The highest BCUT2D eigenvalue weighted by molar-refractivity contribution is 8.18. The van der Waals surface area contributed by atoms with Crippen molar-refractivity contribution in [1.29, 1.82) is 0 Å². The SMILES string of the molecule is CN1C(=O)/C(=C/c2ccc(C(F)(F)F)cc2)SC1=Nc1cccc(C(=O)O)c1. The number of alkyl halides is 3. The van der Waals surface area contributed by atoms with E-state index in [9.17, 15) is 22.8 Å². The number of rotatable bonds is 3. The second-order valence-corrected chi connectivity index (χ2v) is 6.85. The molecular weight excluding hydrogens is 393 g/mol. The van der Waals surface area contributed by atoms with Gasteiger partial charge in [0, 0.05) is 7.05 Å². The van der Waals surface area contributed by atoms with Crippen LogP contribution in [0.5, 0.6) is 0 Å². The molecule has 0 aliphatic carbocycles. The van der Waals surface area contributed by atoms with E-state index in [1.165, 1.54) is 42.3 Å². The minimum atomic E-state index is -4.42. The van der Waals surface area contributed by atoms with E-state index >= 15 is 0 Å². The lowest BCUT2D eigenvalue weighted by Gasteiger charge is -2.07. The van der Waals surface area contributed by atoms with Crippen LogP contribution in [-0.4, -0.2) is 34.1 Å². The van der Waals surface area contributed by atoms with Crippen LogP contribution in [0.15, 0.2) is 58.4 Å². The maximum Gasteiger partial charge on any atom is 0.416 e. The van der Waals surface area contributed by atoms with Crippen LogP contribution in [0.25, 0.3) is 6.08 Å². The Labute approximate surface area is 162 Å². The zero-order valence-corrected chi connectivity index (χ0v) is 15.2. The molecule has 3 rings (SSSR count). The summed E-state index contributed by atoms with van der Waals surface area (Å²) in [6, 6.07) is 10.4. The number of hydrogen-bond donors (Lipinski definition) is 1. The summed E-state index contributed by atoms with van der Waals surface area (Å²) in [4.78, 5) is 29.3. The van der Waals surface area contributed by atoms with E-state index in [0.717, 1.165) is 23.9 Å². The Morgan fingerprint density at radius 3 is 2.46 bits per heavy atom. The fraction of sp³-hybridized carbons (Fsp3) is 0.105. The Balaban J connectivity index is 1.86. The number of halogens is 3. The molecule has 1 heterocycles. The van der Waals surface area contributed by atoms with Gasteiger partial charge in [0.15, 0.2) is 5.17 Å². The zero-order valence-electron chi connectivity index (χ0n) is 14.4. The van der Waals surface area contributed by atoms with Crippen molar-refractivity contribution in [3.8, 4) is 0 Å². The van der Waals surface area contributed by atoms with E-state index in [0.29, 0.717) is 21.3 Å². The number of amides is 1. The molecule has 1 N–H and O–H groups in total. The number of carboxylic acid groups (broad SMARTS) is 1. The summed E-state index contributed by atoms with van der Waals surface area (Å²) >= 11 is 1.06. The molecular formula is C19H13F3N2O3S. The first-order valence-electron chi connectivity index (χ1n) is 7.92. The molecule has 9 heteroatoms. The molecule has 0 aromatic heterocycles. The predicted octanol–water partition coefficient (Wildman–Crippen LogP) is 4.64. The highest BCUT2D eigenvalue weighted by Gasteiger charge is 2.31. The second kappa shape index (κ2) is 7.51. The van der Waals surface area contributed by atoms with Gasteiger partial charge in [-0.05, 0) is 53.7 Å². The average molecular weight is 406 g/mol. The van der Waals surface area contributed by atoms with Crippen LogP contribution in [0.3, 0.4) is 0 Å². The van der Waals surface area contributed by atoms with Crippen LogP contribution in [-0.2, 0) is 11.0 Å². The monoisotopic (exact) mass is 406 g/mol. The van der Waals surface area contributed by atoms with Crippen molar-refractivity contribution in [3.63, 3.8) is 0 Å². The number of thioether (sulfide) groups is 1. The number of carbonyl (C=O) groups excluding carboxylic acids is 1. The summed E-state index contributed by atoms with van der Waals surface area (Å²) in [5.41, 5.74) is 0.126. The number of aliphatic imine (C=N–C) groups is 1. The summed E-state index contributed by atoms with van der Waals surface area (Å²) in [7, 11) is 1.52. The number of carboxylic acids is 1. The fourth-order valence-corrected chi connectivity index (χ4v) is 3.38. The van der Waals surface area contributed by atoms with Crippen LogP contribution in [0, 0.1) is 0 Å². The first-order valence-corrected chi connectivity index (χ1v) is 8.74. The van der Waals surface area contributed by atoms with E-state index in [4.69, 9.17) is 5.11 Å². The topological polar surface area (TPSA) is 70.0 Å². The van der Waals surface area contributed by atoms with Gasteiger partial charge < -0.3 is 5.11 Å². The molecule has 1 saturated heterocycles. The van der Waals surface area contributed by atoms with Crippen LogP contribution in [0.4, 0.5) is 18.9 Å². The largest absolute Gasteiger partial charge is 0.478 e. The van der Waals surface area contributed by atoms with Crippen molar-refractivity contribution < 1.29 is 27.9 Å². The molecule has 2 aromatic rings. The zero-order chi connectivity index (χ0) is 20.5. The maximum absolute atomic E-state index is 12.6. The van der Waals surface area contributed by atoms with Crippen molar-refractivity contribution in [2.24, 2.45) is 4.99 Å². The molecule has 0 saturated carbocycles. The average Bonchev–Trinajstić information content (AvgIpc) is 2.89.